The number of pyridine rings is 2. The zero-order valence-electron chi connectivity index (χ0n) is 21.8. The van der Waals surface area contributed by atoms with Crippen LogP contribution in [0.5, 0.6) is 0 Å². The molecule has 0 aliphatic heterocycles. The van der Waals surface area contributed by atoms with Crippen molar-refractivity contribution in [2.75, 3.05) is 5.32 Å². The van der Waals surface area contributed by atoms with E-state index in [1.54, 1.807) is 36.9 Å². The van der Waals surface area contributed by atoms with Crippen LogP contribution in [0.2, 0.25) is 0 Å². The Morgan fingerprint density at radius 2 is 1.67 bits per heavy atom. The molecular formula is C30H28FN7O. The maximum absolute atomic E-state index is 13.5. The second kappa shape index (κ2) is 9.59. The smallest absolute Gasteiger partial charge is 0.159 e. The number of imidazole rings is 1. The summed E-state index contributed by atoms with van der Waals surface area (Å²) in [6.45, 7) is 6.27. The average molecular weight is 522 g/mol. The zero-order valence-corrected chi connectivity index (χ0v) is 21.8. The number of hydrogen-bond donors (Lipinski definition) is 4. The molecule has 0 spiro atoms. The summed E-state index contributed by atoms with van der Waals surface area (Å²) >= 11 is 0. The van der Waals surface area contributed by atoms with Gasteiger partial charge in [0.2, 0.25) is 0 Å². The van der Waals surface area contributed by atoms with Crippen LogP contribution >= 0.6 is 0 Å². The van der Waals surface area contributed by atoms with Crippen LogP contribution in [-0.4, -0.2) is 41.5 Å². The van der Waals surface area contributed by atoms with Crippen LogP contribution in [0.4, 0.5) is 10.1 Å². The van der Waals surface area contributed by atoms with Gasteiger partial charge in [-0.3, -0.25) is 15.1 Å². The predicted molar refractivity (Wildman–Crippen MR) is 151 cm³/mol. The third-order valence-electron chi connectivity index (χ3n) is 6.55. The molecule has 6 rings (SSSR count). The molecule has 4 aromatic heterocycles. The van der Waals surface area contributed by atoms with Crippen LogP contribution in [0.25, 0.3) is 55.7 Å². The van der Waals surface area contributed by atoms with E-state index in [4.69, 9.17) is 4.98 Å². The summed E-state index contributed by atoms with van der Waals surface area (Å²) in [5.74, 6) is 0.307. The van der Waals surface area contributed by atoms with Crippen LogP contribution in [0, 0.1) is 11.2 Å². The molecule has 8 nitrogen and oxygen atoms in total. The van der Waals surface area contributed by atoms with Gasteiger partial charge in [-0.1, -0.05) is 39.0 Å². The van der Waals surface area contributed by atoms with Gasteiger partial charge in [0.15, 0.2) is 5.82 Å². The molecule has 0 saturated carbocycles. The van der Waals surface area contributed by atoms with Crippen LogP contribution in [0.3, 0.4) is 0 Å². The summed E-state index contributed by atoms with van der Waals surface area (Å²) < 4.78 is 13.5. The highest BCUT2D eigenvalue weighted by atomic mass is 19.1. The number of aromatic nitrogens is 6. The van der Waals surface area contributed by atoms with E-state index in [0.29, 0.717) is 17.9 Å². The second-order valence-electron chi connectivity index (χ2n) is 10.9. The molecular weight excluding hydrogens is 493 g/mol. The molecule has 9 heteroatoms. The second-order valence-corrected chi connectivity index (χ2v) is 10.9. The molecule has 6 aromatic rings. The highest BCUT2D eigenvalue weighted by molar-refractivity contribution is 5.98. The Morgan fingerprint density at radius 1 is 0.897 bits per heavy atom. The Balaban J connectivity index is 1.36. The van der Waals surface area contributed by atoms with Crippen molar-refractivity contribution < 1.29 is 9.50 Å². The fourth-order valence-electron chi connectivity index (χ4n) is 4.76. The molecule has 196 valence electrons. The molecule has 0 radical (unpaired) electrons. The van der Waals surface area contributed by atoms with E-state index in [1.807, 2.05) is 24.3 Å². The number of aliphatic hydroxyl groups excluding tert-OH is 1. The van der Waals surface area contributed by atoms with E-state index in [-0.39, 0.29) is 11.2 Å². The van der Waals surface area contributed by atoms with Crippen LogP contribution < -0.4 is 5.32 Å². The number of benzene rings is 2. The van der Waals surface area contributed by atoms with Crippen molar-refractivity contribution in [2.45, 2.75) is 33.4 Å². The standard InChI is InChI=1S/C30H28FN7O/c1-30(2,3)12-26(39)34-21-10-19(13-32-14-21)18-6-9-24-22(11-18)28(38-37-24)29-35-25-16-33-15-23(27(25)36-29)17-4-7-20(31)8-5-17/h4-11,13-16,26,34,39H,12H2,1-3H3,(H,35,36)(H,37,38). The molecule has 2 aromatic carbocycles. The normalized spacial score (nSPS) is 12.7. The molecule has 0 bridgehead atoms. The van der Waals surface area contributed by atoms with Crippen molar-refractivity contribution in [1.82, 2.24) is 30.1 Å². The number of hydrogen-bond acceptors (Lipinski definition) is 6. The van der Waals surface area contributed by atoms with Gasteiger partial charge in [0.05, 0.1) is 34.6 Å². The van der Waals surface area contributed by atoms with E-state index < -0.39 is 6.23 Å². The minimum atomic E-state index is -0.674. The summed E-state index contributed by atoms with van der Waals surface area (Å²) in [4.78, 5) is 16.9. The molecule has 39 heavy (non-hydrogen) atoms. The lowest BCUT2D eigenvalue weighted by Crippen LogP contribution is -2.25. The first-order chi connectivity index (χ1) is 18.7. The van der Waals surface area contributed by atoms with Gasteiger partial charge in [0, 0.05) is 28.9 Å². The first-order valence-corrected chi connectivity index (χ1v) is 12.7. The van der Waals surface area contributed by atoms with Gasteiger partial charge in [-0.05, 0) is 53.3 Å². The van der Waals surface area contributed by atoms with Crippen molar-refractivity contribution in [3.8, 4) is 33.8 Å². The third kappa shape index (κ3) is 5.08. The van der Waals surface area contributed by atoms with Crippen molar-refractivity contribution in [2.24, 2.45) is 5.41 Å². The zero-order chi connectivity index (χ0) is 27.1. The number of fused-ring (bicyclic) bond motifs is 2. The van der Waals surface area contributed by atoms with Crippen molar-refractivity contribution >= 4 is 27.6 Å². The number of aliphatic hydroxyl groups is 1. The number of halogens is 1. The monoisotopic (exact) mass is 521 g/mol. The van der Waals surface area contributed by atoms with Gasteiger partial charge >= 0.3 is 0 Å². The van der Waals surface area contributed by atoms with E-state index in [1.165, 1.54) is 12.1 Å². The Morgan fingerprint density at radius 3 is 2.46 bits per heavy atom. The summed E-state index contributed by atoms with van der Waals surface area (Å²) in [6.07, 6.45) is 6.89. The van der Waals surface area contributed by atoms with Crippen molar-refractivity contribution in [1.29, 1.82) is 0 Å². The number of anilines is 1. The van der Waals surface area contributed by atoms with Gasteiger partial charge in [0.1, 0.15) is 17.7 Å². The maximum atomic E-state index is 13.5. The Kier molecular flexibility index (Phi) is 6.07. The third-order valence-corrected chi connectivity index (χ3v) is 6.55. The summed E-state index contributed by atoms with van der Waals surface area (Å²) in [5.41, 5.74) is 7.27. The number of aromatic amines is 2. The fraction of sp³-hybridized carbons (Fsp3) is 0.200. The highest BCUT2D eigenvalue weighted by Crippen LogP contribution is 2.33. The topological polar surface area (TPSA) is 115 Å². The number of nitrogens with one attached hydrogen (secondary N) is 3. The van der Waals surface area contributed by atoms with E-state index >= 15 is 0 Å². The van der Waals surface area contributed by atoms with Gasteiger partial charge in [0.25, 0.3) is 0 Å². The van der Waals surface area contributed by atoms with Gasteiger partial charge in [-0.25, -0.2) is 9.37 Å². The predicted octanol–water partition coefficient (Wildman–Crippen LogP) is 6.54. The summed E-state index contributed by atoms with van der Waals surface area (Å²) in [6, 6.07) is 14.3. The highest BCUT2D eigenvalue weighted by Gasteiger charge is 2.18. The Hall–Kier alpha value is -4.63. The molecule has 0 aliphatic carbocycles. The molecule has 1 unspecified atom stereocenters. The molecule has 4 N–H and O–H groups in total. The minimum Gasteiger partial charge on any atom is -0.374 e. The minimum absolute atomic E-state index is 0.00727. The maximum Gasteiger partial charge on any atom is 0.159 e. The number of rotatable bonds is 6. The first-order valence-electron chi connectivity index (χ1n) is 12.7. The van der Waals surface area contributed by atoms with E-state index in [0.717, 1.165) is 49.9 Å². The molecule has 0 aliphatic rings. The van der Waals surface area contributed by atoms with Gasteiger partial charge < -0.3 is 15.4 Å². The van der Waals surface area contributed by atoms with Crippen LogP contribution in [0.15, 0.2) is 73.3 Å². The molecule has 0 amide bonds. The Bertz CT molecular complexity index is 1780. The Labute approximate surface area is 224 Å². The van der Waals surface area contributed by atoms with Crippen LogP contribution in [-0.2, 0) is 0 Å². The van der Waals surface area contributed by atoms with Gasteiger partial charge in [-0.15, -0.1) is 0 Å². The number of H-pyrrole nitrogens is 2. The first kappa shape index (κ1) is 24.7. The fourth-order valence-corrected chi connectivity index (χ4v) is 4.76. The molecule has 1 atom stereocenters. The van der Waals surface area contributed by atoms with Crippen molar-refractivity contribution in [3.05, 3.63) is 79.1 Å². The summed E-state index contributed by atoms with van der Waals surface area (Å²) in [5, 5.41) is 22.1. The molecule has 0 fully saturated rings. The largest absolute Gasteiger partial charge is 0.374 e. The lowest BCUT2D eigenvalue weighted by molar-refractivity contribution is 0.145. The average Bonchev–Trinajstić information content (AvgIpc) is 3.52. The lowest BCUT2D eigenvalue weighted by atomic mass is 9.91. The van der Waals surface area contributed by atoms with E-state index in [9.17, 15) is 9.50 Å². The quantitative estimate of drug-likeness (QED) is 0.185. The lowest BCUT2D eigenvalue weighted by Gasteiger charge is -2.23. The SMILES string of the molecule is CC(C)(C)CC(O)Nc1cncc(-c2ccc3[nH]nc(-c4nc5c(-c6ccc(F)cc6)cncc5[nH]4)c3c2)c1. The number of nitrogens with zero attached hydrogens (tertiary/aromatic N) is 4. The van der Waals surface area contributed by atoms with Crippen LogP contribution in [0.1, 0.15) is 27.2 Å². The van der Waals surface area contributed by atoms with E-state index in [2.05, 4.69) is 51.2 Å². The molecule has 4 heterocycles. The summed E-state index contributed by atoms with van der Waals surface area (Å²) in [7, 11) is 0. The van der Waals surface area contributed by atoms with Crippen molar-refractivity contribution in [3.63, 3.8) is 0 Å². The van der Waals surface area contributed by atoms with Gasteiger partial charge in [-0.2, -0.15) is 5.10 Å². The molecule has 0 saturated heterocycles.